The van der Waals surface area contributed by atoms with Crippen LogP contribution in [0, 0.1) is 17.5 Å². The lowest BCUT2D eigenvalue weighted by molar-refractivity contribution is -0.118. The third kappa shape index (κ3) is 7.00. The maximum absolute atomic E-state index is 16.2. The Balaban J connectivity index is 1.12. The first-order chi connectivity index (χ1) is 28.6. The Kier molecular flexibility index (Phi) is 10.3. The number of nitrogens with zero attached hydrogens (tertiary/aromatic N) is 6. The first-order valence-electron chi connectivity index (χ1n) is 18.6. The number of imidazole rings is 1. The van der Waals surface area contributed by atoms with E-state index in [1.807, 2.05) is 91.0 Å². The molecule has 0 fully saturated rings. The molecule has 296 valence electrons. The second-order valence-electron chi connectivity index (χ2n) is 13.9. The van der Waals surface area contributed by atoms with E-state index in [1.165, 1.54) is 73.1 Å². The number of carbonyl (C=O) groups is 1. The number of carbonyl (C=O) groups excluding carboxylic acids is 1. The number of benzene rings is 6. The van der Waals surface area contributed by atoms with E-state index >= 15 is 8.78 Å². The van der Waals surface area contributed by atoms with E-state index in [1.54, 1.807) is 11.0 Å². The first kappa shape index (κ1) is 38.5. The lowest BCUT2D eigenvalue weighted by atomic mass is 9.77. The van der Waals surface area contributed by atoms with Crippen LogP contribution in [0.4, 0.5) is 18.9 Å². The molecule has 0 spiro atoms. The Morgan fingerprint density at radius 2 is 1.37 bits per heavy atom. The van der Waals surface area contributed by atoms with E-state index in [2.05, 4.69) is 4.98 Å². The van der Waals surface area contributed by atoms with Crippen molar-refractivity contribution in [3.05, 3.63) is 196 Å². The van der Waals surface area contributed by atoms with E-state index in [0.29, 0.717) is 5.69 Å². The second-order valence-corrected chi connectivity index (χ2v) is 13.9. The minimum Gasteiger partial charge on any atom is -0.493 e. The highest BCUT2D eigenvalue weighted by Crippen LogP contribution is 2.41. The van der Waals surface area contributed by atoms with Crippen LogP contribution < -0.4 is 20.1 Å². The van der Waals surface area contributed by atoms with Crippen LogP contribution in [0.1, 0.15) is 22.5 Å². The molecule has 0 saturated heterocycles. The van der Waals surface area contributed by atoms with Gasteiger partial charge < -0.3 is 14.4 Å². The van der Waals surface area contributed by atoms with Gasteiger partial charge in [0.15, 0.2) is 23.1 Å². The zero-order valence-corrected chi connectivity index (χ0v) is 32.2. The average molecular weight is 795 g/mol. The highest BCUT2D eigenvalue weighted by molar-refractivity contribution is 5.96. The summed E-state index contributed by atoms with van der Waals surface area (Å²) in [6.45, 7) is -0.666. The van der Waals surface area contributed by atoms with Crippen LogP contribution in [-0.4, -0.2) is 44.0 Å². The molecule has 0 aliphatic rings. The highest BCUT2D eigenvalue weighted by Gasteiger charge is 2.39. The Morgan fingerprint density at radius 1 is 0.780 bits per heavy atom. The smallest absolute Gasteiger partial charge is 0.329 e. The fourth-order valence-corrected chi connectivity index (χ4v) is 7.56. The molecule has 2 aromatic heterocycles. The minimum atomic E-state index is -0.916. The predicted octanol–water partition coefficient (Wildman–Crippen LogP) is 8.11. The molecule has 0 N–H and O–H groups in total. The Bertz CT molecular complexity index is 2750. The SMILES string of the molecule is COc1cc(-c2cc(F)cc3c2n(C)c(=O)n3CC(=O)N(C)c2ccc(F)cc2)cc(F)c1OCc1ncn(C(c2ccccc2)(c2ccccc2)c2ccccc2)n1. The average Bonchev–Trinajstić information content (AvgIpc) is 3.82. The molecule has 8 rings (SSSR count). The van der Waals surface area contributed by atoms with Gasteiger partial charge in [0.25, 0.3) is 0 Å². The molecule has 6 aromatic carbocycles. The number of fused-ring (bicyclic) bond motifs is 1. The zero-order valence-electron chi connectivity index (χ0n) is 32.2. The Morgan fingerprint density at radius 3 is 1.95 bits per heavy atom. The van der Waals surface area contributed by atoms with Crippen molar-refractivity contribution in [1.29, 1.82) is 0 Å². The van der Waals surface area contributed by atoms with E-state index < -0.39 is 41.1 Å². The maximum atomic E-state index is 16.2. The molecule has 10 nitrogen and oxygen atoms in total. The molecule has 0 bridgehead atoms. The topological polar surface area (TPSA) is 96.4 Å². The second kappa shape index (κ2) is 15.9. The summed E-state index contributed by atoms with van der Waals surface area (Å²) in [5, 5.41) is 4.89. The number of hydrogen-bond donors (Lipinski definition) is 0. The lowest BCUT2D eigenvalue weighted by Crippen LogP contribution is -2.38. The molecule has 2 heterocycles. The van der Waals surface area contributed by atoms with Gasteiger partial charge in [0.05, 0.1) is 18.1 Å². The number of ether oxygens (including phenoxy) is 2. The summed E-state index contributed by atoms with van der Waals surface area (Å²) in [6.07, 6.45) is 1.63. The summed E-state index contributed by atoms with van der Waals surface area (Å²) in [5.74, 6) is -2.45. The molecule has 13 heteroatoms. The summed E-state index contributed by atoms with van der Waals surface area (Å²) in [4.78, 5) is 32.7. The van der Waals surface area contributed by atoms with Gasteiger partial charge >= 0.3 is 5.69 Å². The first-order valence-corrected chi connectivity index (χ1v) is 18.6. The Labute approximate surface area is 336 Å². The van der Waals surface area contributed by atoms with Gasteiger partial charge in [-0.15, -0.1) is 0 Å². The normalized spacial score (nSPS) is 11.5. The number of aromatic nitrogens is 5. The number of amides is 1. The van der Waals surface area contributed by atoms with Gasteiger partial charge in [-0.05, 0) is 70.8 Å². The number of rotatable bonds is 12. The van der Waals surface area contributed by atoms with Crippen LogP contribution in [0.2, 0.25) is 0 Å². The van der Waals surface area contributed by atoms with Crippen LogP contribution in [-0.2, 0) is 30.5 Å². The monoisotopic (exact) mass is 794 g/mol. The van der Waals surface area contributed by atoms with Crippen molar-refractivity contribution in [2.24, 2.45) is 7.05 Å². The van der Waals surface area contributed by atoms with E-state index in [0.717, 1.165) is 27.3 Å². The number of anilines is 1. The fraction of sp³-hybridized carbons (Fsp3) is 0.130. The molecule has 0 saturated carbocycles. The number of methoxy groups -OCH3 is 1. The molecular weight excluding hydrogens is 758 g/mol. The van der Waals surface area contributed by atoms with E-state index in [4.69, 9.17) is 14.6 Å². The third-order valence-electron chi connectivity index (χ3n) is 10.4. The van der Waals surface area contributed by atoms with Gasteiger partial charge in [-0.2, -0.15) is 5.10 Å². The number of halogens is 3. The number of hydrogen-bond acceptors (Lipinski definition) is 6. The third-order valence-corrected chi connectivity index (χ3v) is 10.4. The van der Waals surface area contributed by atoms with Crippen molar-refractivity contribution >= 4 is 22.6 Å². The fourth-order valence-electron chi connectivity index (χ4n) is 7.56. The van der Waals surface area contributed by atoms with Gasteiger partial charge in [0.1, 0.15) is 36.7 Å². The van der Waals surface area contributed by atoms with Gasteiger partial charge in [-0.1, -0.05) is 91.0 Å². The molecule has 0 aliphatic heterocycles. The number of likely N-dealkylation sites (N-methyl/N-ethyl adjacent to an activating group) is 1. The molecule has 0 radical (unpaired) electrons. The van der Waals surface area contributed by atoms with Gasteiger partial charge in [-0.3, -0.25) is 13.9 Å². The van der Waals surface area contributed by atoms with Crippen LogP contribution in [0.25, 0.3) is 22.2 Å². The van der Waals surface area contributed by atoms with E-state index in [9.17, 15) is 14.0 Å². The molecule has 0 aliphatic carbocycles. The predicted molar refractivity (Wildman–Crippen MR) is 218 cm³/mol. The molecule has 0 unspecified atom stereocenters. The van der Waals surface area contributed by atoms with Crippen molar-refractivity contribution in [3.8, 4) is 22.6 Å². The van der Waals surface area contributed by atoms with Crippen molar-refractivity contribution in [1.82, 2.24) is 23.9 Å². The summed E-state index contributed by atoms with van der Waals surface area (Å²) in [5.41, 5.74) is 2.49. The van der Waals surface area contributed by atoms with Gasteiger partial charge in [0, 0.05) is 25.3 Å². The molecular formula is C46H37F3N6O4. The van der Waals surface area contributed by atoms with E-state index in [-0.39, 0.29) is 46.1 Å². The Hall–Kier alpha value is -7.41. The van der Waals surface area contributed by atoms with Gasteiger partial charge in [0.2, 0.25) is 5.91 Å². The zero-order chi connectivity index (χ0) is 41.3. The van der Waals surface area contributed by atoms with Crippen LogP contribution >= 0.6 is 0 Å². The quantitative estimate of drug-likeness (QED) is 0.116. The van der Waals surface area contributed by atoms with Crippen LogP contribution in [0.3, 0.4) is 0 Å². The van der Waals surface area contributed by atoms with Crippen molar-refractivity contribution in [3.63, 3.8) is 0 Å². The van der Waals surface area contributed by atoms with Crippen molar-refractivity contribution in [2.75, 3.05) is 19.1 Å². The van der Waals surface area contributed by atoms with Crippen LogP contribution in [0.5, 0.6) is 11.5 Å². The molecule has 59 heavy (non-hydrogen) atoms. The van der Waals surface area contributed by atoms with Gasteiger partial charge in [-0.25, -0.2) is 27.6 Å². The summed E-state index contributed by atoms with van der Waals surface area (Å²) >= 11 is 0. The minimum absolute atomic E-state index is 0.00424. The summed E-state index contributed by atoms with van der Waals surface area (Å²) in [6, 6.07) is 40.2. The molecule has 1 amide bonds. The van der Waals surface area contributed by atoms with Crippen molar-refractivity contribution in [2.45, 2.75) is 18.7 Å². The summed E-state index contributed by atoms with van der Waals surface area (Å²) in [7, 11) is 4.32. The largest absolute Gasteiger partial charge is 0.493 e. The van der Waals surface area contributed by atoms with Crippen molar-refractivity contribution < 1.29 is 27.4 Å². The maximum Gasteiger partial charge on any atom is 0.329 e. The number of aryl methyl sites for hydroxylation is 1. The molecule has 0 atom stereocenters. The lowest BCUT2D eigenvalue weighted by Gasteiger charge is -2.35. The molecule has 8 aromatic rings. The van der Waals surface area contributed by atoms with Crippen LogP contribution in [0.15, 0.2) is 151 Å². The summed E-state index contributed by atoms with van der Waals surface area (Å²) < 4.78 is 60.8. The standard InChI is InChI=1S/C46H37F3N6O4/c1-52(36-21-19-34(47)20-22-36)42(56)27-54-39-26-35(48)25-37(43(39)53(2)45(54)57)30-23-38(49)44(40(24-30)58-3)59-28-41-50-29-55(51-41)46(31-13-7-4-8-14-31,32-15-9-5-10-16-32)33-17-11-6-12-18-33/h4-26,29H,27-28H2,1-3H3. The highest BCUT2D eigenvalue weighted by atomic mass is 19.1.